The van der Waals surface area contributed by atoms with Gasteiger partial charge in [0.15, 0.2) is 0 Å². The van der Waals surface area contributed by atoms with Crippen molar-refractivity contribution in [3.05, 3.63) is 71.7 Å². The molecule has 6 heteroatoms. The van der Waals surface area contributed by atoms with Crippen molar-refractivity contribution in [2.24, 2.45) is 5.41 Å². The molecule has 2 aromatic heterocycles. The monoisotopic (exact) mass is 418 g/mol. The summed E-state index contributed by atoms with van der Waals surface area (Å²) in [5.74, 6) is 0.900. The molecule has 1 amide bonds. The quantitative estimate of drug-likeness (QED) is 0.606. The maximum absolute atomic E-state index is 13.4. The molecule has 3 heterocycles. The van der Waals surface area contributed by atoms with Gasteiger partial charge in [-0.15, -0.1) is 0 Å². The van der Waals surface area contributed by atoms with Crippen molar-refractivity contribution in [2.45, 2.75) is 32.7 Å². The molecule has 31 heavy (non-hydrogen) atoms. The Hall–Kier alpha value is -2.99. The smallest absolute Gasteiger partial charge is 0.230 e. The largest absolute Gasteiger partial charge is 0.361 e. The predicted octanol–water partition coefficient (Wildman–Crippen LogP) is 3.96. The van der Waals surface area contributed by atoms with E-state index in [1.807, 2.05) is 56.7 Å². The summed E-state index contributed by atoms with van der Waals surface area (Å²) in [4.78, 5) is 21.9. The van der Waals surface area contributed by atoms with Gasteiger partial charge in [0, 0.05) is 51.4 Å². The molecule has 162 valence electrons. The van der Waals surface area contributed by atoms with Crippen LogP contribution in [0.5, 0.6) is 0 Å². The molecule has 1 unspecified atom stereocenters. The number of hydrogen-bond acceptors (Lipinski definition) is 5. The third kappa shape index (κ3) is 4.85. The summed E-state index contributed by atoms with van der Waals surface area (Å²) >= 11 is 0. The van der Waals surface area contributed by atoms with Crippen LogP contribution in [0.15, 0.2) is 59.3 Å². The Bertz CT molecular complexity index is 1010. The summed E-state index contributed by atoms with van der Waals surface area (Å²) in [6, 6.07) is 16.2. The van der Waals surface area contributed by atoms with Gasteiger partial charge in [-0.1, -0.05) is 41.1 Å². The molecule has 1 saturated heterocycles. The molecule has 0 saturated carbocycles. The van der Waals surface area contributed by atoms with Gasteiger partial charge < -0.3 is 9.42 Å². The van der Waals surface area contributed by atoms with Crippen LogP contribution in [0.2, 0.25) is 0 Å². The van der Waals surface area contributed by atoms with E-state index in [1.54, 1.807) is 4.90 Å². The van der Waals surface area contributed by atoms with Crippen molar-refractivity contribution in [3.63, 3.8) is 0 Å². The van der Waals surface area contributed by atoms with E-state index in [1.165, 1.54) is 5.56 Å². The number of likely N-dealkylation sites (tertiary alicyclic amines) is 1. The number of aryl methyl sites for hydroxylation is 1. The number of aromatic nitrogens is 2. The normalized spacial score (nSPS) is 19.3. The zero-order chi connectivity index (χ0) is 21.8. The molecule has 1 aliphatic heterocycles. The van der Waals surface area contributed by atoms with Gasteiger partial charge in [0.05, 0.1) is 11.1 Å². The summed E-state index contributed by atoms with van der Waals surface area (Å²) in [5.41, 5.74) is 3.54. The third-order valence-electron chi connectivity index (χ3n) is 6.05. The average Bonchev–Trinajstić information content (AvgIpc) is 3.22. The highest BCUT2D eigenvalue weighted by molar-refractivity contribution is 5.83. The van der Waals surface area contributed by atoms with E-state index in [0.717, 1.165) is 48.6 Å². The van der Waals surface area contributed by atoms with E-state index in [-0.39, 0.29) is 5.91 Å². The number of amides is 1. The second kappa shape index (κ2) is 9.02. The summed E-state index contributed by atoms with van der Waals surface area (Å²) in [6.45, 7) is 4.45. The zero-order valence-corrected chi connectivity index (χ0v) is 18.5. The number of carbonyl (C=O) groups is 1. The molecule has 1 fully saturated rings. The van der Waals surface area contributed by atoms with Gasteiger partial charge in [0.25, 0.3) is 0 Å². The first-order chi connectivity index (χ1) is 14.9. The van der Waals surface area contributed by atoms with Crippen LogP contribution in [-0.2, 0) is 17.8 Å². The third-order valence-corrected chi connectivity index (χ3v) is 6.05. The zero-order valence-electron chi connectivity index (χ0n) is 18.5. The Morgan fingerprint density at radius 3 is 2.71 bits per heavy atom. The number of carbonyl (C=O) groups excluding carboxylic acids is 1. The van der Waals surface area contributed by atoms with Crippen LogP contribution < -0.4 is 0 Å². The van der Waals surface area contributed by atoms with E-state index in [9.17, 15) is 4.79 Å². The molecule has 4 rings (SSSR count). The number of piperidine rings is 1. The Morgan fingerprint density at radius 1 is 1.19 bits per heavy atom. The Morgan fingerprint density at radius 2 is 2.00 bits per heavy atom. The van der Waals surface area contributed by atoms with Crippen molar-refractivity contribution < 1.29 is 9.32 Å². The van der Waals surface area contributed by atoms with Crippen LogP contribution in [-0.4, -0.2) is 53.0 Å². The lowest BCUT2D eigenvalue weighted by Gasteiger charge is -2.42. The number of pyridine rings is 1. The van der Waals surface area contributed by atoms with Crippen molar-refractivity contribution in [1.82, 2.24) is 19.9 Å². The lowest BCUT2D eigenvalue weighted by atomic mass is 9.75. The van der Waals surface area contributed by atoms with Crippen molar-refractivity contribution in [1.29, 1.82) is 0 Å². The van der Waals surface area contributed by atoms with Crippen molar-refractivity contribution in [2.75, 3.05) is 27.2 Å². The predicted molar refractivity (Wildman–Crippen MR) is 120 cm³/mol. The van der Waals surface area contributed by atoms with E-state index in [0.29, 0.717) is 13.0 Å². The number of rotatable bonds is 6. The summed E-state index contributed by atoms with van der Waals surface area (Å²) in [6.07, 6.45) is 4.16. The fraction of sp³-hybridized carbons (Fsp3) is 0.400. The topological polar surface area (TPSA) is 62.5 Å². The van der Waals surface area contributed by atoms with Gasteiger partial charge in [-0.2, -0.15) is 0 Å². The molecule has 0 spiro atoms. The number of hydrogen-bond donors (Lipinski definition) is 0. The van der Waals surface area contributed by atoms with Gasteiger partial charge in [-0.05, 0) is 38.4 Å². The lowest BCUT2D eigenvalue weighted by Crippen LogP contribution is -2.52. The van der Waals surface area contributed by atoms with Crippen LogP contribution in [0.3, 0.4) is 0 Å². The van der Waals surface area contributed by atoms with Gasteiger partial charge in [-0.3, -0.25) is 14.7 Å². The minimum Gasteiger partial charge on any atom is -0.361 e. The summed E-state index contributed by atoms with van der Waals surface area (Å²) < 4.78 is 5.71. The first-order valence-electron chi connectivity index (χ1n) is 10.8. The van der Waals surface area contributed by atoms with E-state index < -0.39 is 5.41 Å². The molecule has 1 aliphatic rings. The molecular formula is C25H30N4O2. The molecular weight excluding hydrogens is 388 g/mol. The second-order valence-corrected chi connectivity index (χ2v) is 8.84. The van der Waals surface area contributed by atoms with Crippen LogP contribution in [0.25, 0.3) is 11.3 Å². The van der Waals surface area contributed by atoms with E-state index in [4.69, 9.17) is 4.52 Å². The van der Waals surface area contributed by atoms with E-state index in [2.05, 4.69) is 34.1 Å². The fourth-order valence-corrected chi connectivity index (χ4v) is 4.54. The maximum Gasteiger partial charge on any atom is 0.230 e. The first-order valence-corrected chi connectivity index (χ1v) is 10.8. The molecule has 0 N–H and O–H groups in total. The molecule has 0 aliphatic carbocycles. The molecule has 6 nitrogen and oxygen atoms in total. The van der Waals surface area contributed by atoms with Crippen LogP contribution in [0, 0.1) is 12.3 Å². The summed E-state index contributed by atoms with van der Waals surface area (Å²) in [5, 5.41) is 4.28. The second-order valence-electron chi connectivity index (χ2n) is 8.84. The summed E-state index contributed by atoms with van der Waals surface area (Å²) in [7, 11) is 3.67. The van der Waals surface area contributed by atoms with Gasteiger partial charge in [0.1, 0.15) is 11.5 Å². The SMILES string of the molecule is Cc1ccc(-c2cc(CC3(C(=O)N(C)C)CCCN(Cc4ccccn4)C3)on2)cc1. The molecule has 1 atom stereocenters. The minimum atomic E-state index is -0.527. The maximum atomic E-state index is 13.4. The van der Waals surface area contributed by atoms with Crippen molar-refractivity contribution in [3.8, 4) is 11.3 Å². The molecule has 3 aromatic rings. The van der Waals surface area contributed by atoms with Crippen LogP contribution in [0.4, 0.5) is 0 Å². The minimum absolute atomic E-state index is 0.145. The highest BCUT2D eigenvalue weighted by Gasteiger charge is 2.44. The molecule has 1 aromatic carbocycles. The molecule has 0 radical (unpaired) electrons. The highest BCUT2D eigenvalue weighted by atomic mass is 16.5. The van der Waals surface area contributed by atoms with Gasteiger partial charge in [0.2, 0.25) is 5.91 Å². The number of nitrogens with zero attached hydrogens (tertiary/aromatic N) is 4. The van der Waals surface area contributed by atoms with Gasteiger partial charge in [-0.25, -0.2) is 0 Å². The molecule has 0 bridgehead atoms. The Balaban J connectivity index is 1.56. The fourth-order valence-electron chi connectivity index (χ4n) is 4.54. The average molecular weight is 419 g/mol. The number of benzene rings is 1. The standard InChI is InChI=1S/C25H30N4O2/c1-19-8-10-20(11-9-19)23-15-22(31-27-23)16-25(24(30)28(2)3)12-6-14-29(18-25)17-21-7-4-5-13-26-21/h4-5,7-11,13,15H,6,12,14,16-18H2,1-3H3. The highest BCUT2D eigenvalue weighted by Crippen LogP contribution is 2.36. The van der Waals surface area contributed by atoms with Crippen LogP contribution >= 0.6 is 0 Å². The van der Waals surface area contributed by atoms with Crippen LogP contribution in [0.1, 0.15) is 29.9 Å². The van der Waals surface area contributed by atoms with Gasteiger partial charge >= 0.3 is 0 Å². The van der Waals surface area contributed by atoms with E-state index >= 15 is 0 Å². The Kier molecular flexibility index (Phi) is 6.18. The first kappa shape index (κ1) is 21.2. The lowest BCUT2D eigenvalue weighted by molar-refractivity contribution is -0.143. The Labute approximate surface area is 183 Å². The van der Waals surface area contributed by atoms with Crippen molar-refractivity contribution >= 4 is 5.91 Å².